The van der Waals surface area contributed by atoms with Crippen LogP contribution in [0.2, 0.25) is 0 Å². The molecule has 1 heterocycles. The van der Waals surface area contributed by atoms with Crippen LogP contribution >= 0.6 is 0 Å². The van der Waals surface area contributed by atoms with Crippen molar-refractivity contribution in [2.45, 2.75) is 43.5 Å². The van der Waals surface area contributed by atoms with Gasteiger partial charge in [0.15, 0.2) is 0 Å². The highest BCUT2D eigenvalue weighted by Crippen LogP contribution is 2.28. The van der Waals surface area contributed by atoms with Gasteiger partial charge in [0.05, 0.1) is 4.90 Å². The molecule has 1 fully saturated rings. The highest BCUT2D eigenvalue weighted by atomic mass is 32.2. The predicted octanol–water partition coefficient (Wildman–Crippen LogP) is 2.96. The number of rotatable bonds is 6. The van der Waals surface area contributed by atoms with E-state index in [4.69, 9.17) is 0 Å². The first-order chi connectivity index (χ1) is 15.2. The zero-order chi connectivity index (χ0) is 23.3. The van der Waals surface area contributed by atoms with Gasteiger partial charge in [-0.1, -0.05) is 12.5 Å². The third-order valence-corrected chi connectivity index (χ3v) is 7.46. The number of sulfonamides is 1. The minimum atomic E-state index is -3.83. The molecule has 1 atom stereocenters. The first-order valence-electron chi connectivity index (χ1n) is 10.3. The Kier molecular flexibility index (Phi) is 7.57. The highest BCUT2D eigenvalue weighted by molar-refractivity contribution is 7.89. The Hall–Kier alpha value is -2.85. The van der Waals surface area contributed by atoms with Gasteiger partial charge in [0.25, 0.3) is 0 Å². The van der Waals surface area contributed by atoms with Crippen LogP contribution in [0.25, 0.3) is 0 Å². The van der Waals surface area contributed by atoms with Crippen LogP contribution < -0.4 is 10.6 Å². The maximum atomic E-state index is 13.4. The number of piperidine rings is 1. The van der Waals surface area contributed by atoms with E-state index in [1.165, 1.54) is 34.6 Å². The minimum Gasteiger partial charge on any atom is -0.348 e. The van der Waals surface area contributed by atoms with E-state index >= 15 is 0 Å². The van der Waals surface area contributed by atoms with Crippen molar-refractivity contribution in [3.8, 4) is 0 Å². The Morgan fingerprint density at radius 2 is 1.81 bits per heavy atom. The van der Waals surface area contributed by atoms with E-state index in [-0.39, 0.29) is 23.2 Å². The summed E-state index contributed by atoms with van der Waals surface area (Å²) in [4.78, 5) is 24.1. The van der Waals surface area contributed by atoms with Crippen LogP contribution in [0, 0.1) is 18.6 Å². The van der Waals surface area contributed by atoms with Crippen molar-refractivity contribution in [3.05, 3.63) is 59.7 Å². The van der Waals surface area contributed by atoms with Crippen molar-refractivity contribution in [1.82, 2.24) is 9.62 Å². The molecule has 1 aliphatic heterocycles. The van der Waals surface area contributed by atoms with Crippen LogP contribution in [0.15, 0.2) is 47.4 Å². The zero-order valence-corrected chi connectivity index (χ0v) is 18.4. The fraction of sp³-hybridized carbons (Fsp3) is 0.364. The van der Waals surface area contributed by atoms with E-state index in [1.807, 2.05) is 0 Å². The largest absolute Gasteiger partial charge is 0.348 e. The van der Waals surface area contributed by atoms with Crippen molar-refractivity contribution in [2.24, 2.45) is 0 Å². The molecule has 2 aromatic carbocycles. The average Bonchev–Trinajstić information content (AvgIpc) is 2.73. The molecule has 1 aliphatic rings. The average molecular weight is 466 g/mol. The normalized spacial score (nSPS) is 17.0. The molecule has 32 heavy (non-hydrogen) atoms. The molecular formula is C22H25F2N3O4S. The van der Waals surface area contributed by atoms with Crippen LogP contribution in [-0.2, 0) is 19.6 Å². The van der Waals surface area contributed by atoms with Crippen LogP contribution in [0.4, 0.5) is 14.5 Å². The van der Waals surface area contributed by atoms with E-state index in [2.05, 4.69) is 10.6 Å². The van der Waals surface area contributed by atoms with Gasteiger partial charge in [-0.25, -0.2) is 17.2 Å². The minimum absolute atomic E-state index is 0.0595. The summed E-state index contributed by atoms with van der Waals surface area (Å²) in [6.45, 7) is 1.97. The number of halogens is 2. The van der Waals surface area contributed by atoms with Crippen molar-refractivity contribution >= 4 is 27.5 Å². The number of carbonyl (C=O) groups excluding carboxylic acids is 2. The number of hydrogen-bond acceptors (Lipinski definition) is 4. The van der Waals surface area contributed by atoms with Gasteiger partial charge in [-0.05, 0) is 68.1 Å². The molecule has 0 aliphatic carbocycles. The molecule has 0 spiro atoms. The lowest BCUT2D eigenvalue weighted by Gasteiger charge is -2.35. The Morgan fingerprint density at radius 3 is 2.53 bits per heavy atom. The van der Waals surface area contributed by atoms with E-state index in [0.717, 1.165) is 18.6 Å². The molecule has 1 saturated heterocycles. The molecule has 3 rings (SSSR count). The summed E-state index contributed by atoms with van der Waals surface area (Å²) in [5.41, 5.74) is 0.487. The topological polar surface area (TPSA) is 95.6 Å². The summed E-state index contributed by atoms with van der Waals surface area (Å²) in [5.74, 6) is -2.88. The van der Waals surface area contributed by atoms with Crippen LogP contribution in [-0.4, -0.2) is 43.7 Å². The Morgan fingerprint density at radius 1 is 1.06 bits per heavy atom. The molecule has 2 aromatic rings. The molecule has 7 nitrogen and oxygen atoms in total. The number of nitrogens with zero attached hydrogens (tertiary/aromatic N) is 1. The molecule has 0 unspecified atom stereocenters. The SMILES string of the molecule is Cc1cc(F)ccc1S(=O)(=O)N1CCCC[C@@H]1CCNC(=O)C(=O)Nc1cccc(F)c1. The van der Waals surface area contributed by atoms with Gasteiger partial charge in [0.2, 0.25) is 10.0 Å². The third kappa shape index (κ3) is 5.68. The molecule has 2 N–H and O–H groups in total. The van der Waals surface area contributed by atoms with Gasteiger partial charge >= 0.3 is 11.8 Å². The molecule has 0 saturated carbocycles. The fourth-order valence-corrected chi connectivity index (χ4v) is 5.73. The summed E-state index contributed by atoms with van der Waals surface area (Å²) in [6, 6.07) is 8.38. The number of hydrogen-bond donors (Lipinski definition) is 2. The summed E-state index contributed by atoms with van der Waals surface area (Å²) in [6.07, 6.45) is 2.48. The summed E-state index contributed by atoms with van der Waals surface area (Å²) < 4.78 is 54.4. The van der Waals surface area contributed by atoms with Gasteiger partial charge < -0.3 is 10.6 Å². The van der Waals surface area contributed by atoms with Crippen molar-refractivity contribution < 1.29 is 26.8 Å². The van der Waals surface area contributed by atoms with E-state index in [1.54, 1.807) is 6.92 Å². The Bertz CT molecular complexity index is 1110. The molecule has 172 valence electrons. The van der Waals surface area contributed by atoms with Crippen molar-refractivity contribution in [2.75, 3.05) is 18.4 Å². The van der Waals surface area contributed by atoms with Crippen molar-refractivity contribution in [1.29, 1.82) is 0 Å². The molecule has 0 radical (unpaired) electrons. The summed E-state index contributed by atoms with van der Waals surface area (Å²) in [5, 5.41) is 4.79. The van der Waals surface area contributed by atoms with Gasteiger partial charge in [0.1, 0.15) is 11.6 Å². The van der Waals surface area contributed by atoms with Gasteiger partial charge in [-0.2, -0.15) is 4.31 Å². The smallest absolute Gasteiger partial charge is 0.313 e. The number of nitrogens with one attached hydrogen (secondary N) is 2. The van der Waals surface area contributed by atoms with E-state index in [9.17, 15) is 26.8 Å². The maximum Gasteiger partial charge on any atom is 0.313 e. The zero-order valence-electron chi connectivity index (χ0n) is 17.6. The van der Waals surface area contributed by atoms with Crippen molar-refractivity contribution in [3.63, 3.8) is 0 Å². The van der Waals surface area contributed by atoms with E-state index in [0.29, 0.717) is 31.4 Å². The second kappa shape index (κ2) is 10.2. The second-order valence-corrected chi connectivity index (χ2v) is 9.54. The quantitative estimate of drug-likeness (QED) is 0.642. The van der Waals surface area contributed by atoms with Crippen LogP contribution in [0.3, 0.4) is 0 Å². The lowest BCUT2D eigenvalue weighted by molar-refractivity contribution is -0.136. The monoisotopic (exact) mass is 465 g/mol. The Balaban J connectivity index is 1.60. The van der Waals surface area contributed by atoms with Crippen LogP contribution in [0.1, 0.15) is 31.2 Å². The van der Waals surface area contributed by atoms with Gasteiger partial charge in [-0.15, -0.1) is 0 Å². The number of carbonyl (C=O) groups is 2. The Labute approximate surface area is 185 Å². The first-order valence-corrected chi connectivity index (χ1v) is 11.8. The lowest BCUT2D eigenvalue weighted by atomic mass is 10.0. The molecule has 0 aromatic heterocycles. The van der Waals surface area contributed by atoms with Crippen LogP contribution in [0.5, 0.6) is 0 Å². The molecule has 0 bridgehead atoms. The van der Waals surface area contributed by atoms with Gasteiger partial charge in [-0.3, -0.25) is 9.59 Å². The van der Waals surface area contributed by atoms with Gasteiger partial charge in [0, 0.05) is 24.8 Å². The predicted molar refractivity (Wildman–Crippen MR) is 115 cm³/mol. The molecule has 10 heteroatoms. The standard InChI is InChI=1S/C22H25F2N3O4S/c1-15-13-17(24)8-9-20(15)32(30,31)27-12-3-2-7-19(27)10-11-25-21(28)22(29)26-18-6-4-5-16(23)14-18/h4-6,8-9,13-14,19H,2-3,7,10-12H2,1H3,(H,25,28)(H,26,29)/t19-/m1/s1. The summed E-state index contributed by atoms with van der Waals surface area (Å²) >= 11 is 0. The second-order valence-electron chi connectivity index (χ2n) is 7.68. The summed E-state index contributed by atoms with van der Waals surface area (Å²) in [7, 11) is -3.83. The molecule has 2 amide bonds. The number of amides is 2. The number of aryl methyl sites for hydroxylation is 1. The fourth-order valence-electron chi connectivity index (χ4n) is 3.79. The molecular weight excluding hydrogens is 440 g/mol. The highest BCUT2D eigenvalue weighted by Gasteiger charge is 2.34. The number of anilines is 1. The van der Waals surface area contributed by atoms with E-state index < -0.39 is 33.5 Å². The lowest BCUT2D eigenvalue weighted by Crippen LogP contribution is -2.46. The third-order valence-electron chi connectivity index (χ3n) is 5.35. The first kappa shape index (κ1) is 23.8. The maximum absolute atomic E-state index is 13.4. The number of benzene rings is 2.